The van der Waals surface area contributed by atoms with Crippen molar-refractivity contribution < 1.29 is 13.5 Å². The largest absolute Gasteiger partial charge is 0.381 e. The zero-order chi connectivity index (χ0) is 17.2. The standard InChI is InChI=1S/C18H27F2N3O/c1-2-21-18(22-9-3-11-24-13-14-4-5-14)23-10-8-15-12-16(19)6-7-17(15)20/h6-7,12,14H,2-5,8-11,13H2,1H3,(H2,21,22,23). The first-order valence-corrected chi connectivity index (χ1v) is 8.73. The summed E-state index contributed by atoms with van der Waals surface area (Å²) in [5.74, 6) is 0.679. The number of hydrogen-bond donors (Lipinski definition) is 2. The maximum Gasteiger partial charge on any atom is 0.191 e. The lowest BCUT2D eigenvalue weighted by Crippen LogP contribution is -2.38. The molecule has 0 atom stereocenters. The van der Waals surface area contributed by atoms with E-state index in [0.29, 0.717) is 31.0 Å². The summed E-state index contributed by atoms with van der Waals surface area (Å²) < 4.78 is 32.3. The lowest BCUT2D eigenvalue weighted by molar-refractivity contribution is 0.123. The van der Waals surface area contributed by atoms with Crippen molar-refractivity contribution in [2.75, 3.05) is 32.8 Å². The van der Waals surface area contributed by atoms with Gasteiger partial charge in [0, 0.05) is 32.8 Å². The second-order valence-electron chi connectivity index (χ2n) is 6.05. The summed E-state index contributed by atoms with van der Waals surface area (Å²) in [6.45, 7) is 5.51. The molecule has 0 heterocycles. The molecular weight excluding hydrogens is 312 g/mol. The normalized spacial score (nSPS) is 14.7. The number of rotatable bonds is 10. The number of hydrogen-bond acceptors (Lipinski definition) is 2. The Morgan fingerprint density at radius 1 is 1.29 bits per heavy atom. The van der Waals surface area contributed by atoms with E-state index in [2.05, 4.69) is 15.6 Å². The Morgan fingerprint density at radius 2 is 2.12 bits per heavy atom. The Morgan fingerprint density at radius 3 is 2.88 bits per heavy atom. The van der Waals surface area contributed by atoms with Crippen molar-refractivity contribution in [3.8, 4) is 0 Å². The van der Waals surface area contributed by atoms with Crippen molar-refractivity contribution in [3.05, 3.63) is 35.4 Å². The van der Waals surface area contributed by atoms with Crippen molar-refractivity contribution in [1.29, 1.82) is 0 Å². The van der Waals surface area contributed by atoms with Gasteiger partial charge in [0.15, 0.2) is 5.96 Å². The third-order valence-corrected chi connectivity index (χ3v) is 3.81. The number of guanidine groups is 1. The predicted molar refractivity (Wildman–Crippen MR) is 92.2 cm³/mol. The first kappa shape index (κ1) is 18.6. The van der Waals surface area contributed by atoms with Gasteiger partial charge in [0.05, 0.1) is 0 Å². The van der Waals surface area contributed by atoms with Crippen LogP contribution >= 0.6 is 0 Å². The van der Waals surface area contributed by atoms with Crippen LogP contribution in [-0.4, -0.2) is 38.8 Å². The van der Waals surface area contributed by atoms with E-state index in [4.69, 9.17) is 4.74 Å². The summed E-state index contributed by atoms with van der Waals surface area (Å²) in [6.07, 6.45) is 3.89. The molecule has 2 rings (SSSR count). The summed E-state index contributed by atoms with van der Waals surface area (Å²) in [6, 6.07) is 3.52. The molecule has 0 unspecified atom stereocenters. The van der Waals surface area contributed by atoms with Crippen molar-refractivity contribution in [1.82, 2.24) is 10.6 Å². The van der Waals surface area contributed by atoms with Crippen molar-refractivity contribution in [2.45, 2.75) is 32.6 Å². The molecule has 1 aliphatic rings. The molecule has 0 bridgehead atoms. The Labute approximate surface area is 142 Å². The van der Waals surface area contributed by atoms with Crippen LogP contribution in [0.1, 0.15) is 31.7 Å². The molecule has 0 amide bonds. The average Bonchev–Trinajstić information content (AvgIpc) is 3.38. The molecule has 1 aromatic carbocycles. The highest BCUT2D eigenvalue weighted by Crippen LogP contribution is 2.28. The van der Waals surface area contributed by atoms with Gasteiger partial charge < -0.3 is 15.4 Å². The lowest BCUT2D eigenvalue weighted by Gasteiger charge is -2.11. The van der Waals surface area contributed by atoms with Crippen LogP contribution in [0, 0.1) is 17.6 Å². The summed E-state index contributed by atoms with van der Waals surface area (Å²) in [5, 5.41) is 6.29. The second kappa shape index (κ2) is 10.2. The maximum absolute atomic E-state index is 13.6. The number of aliphatic imine (C=N–C) groups is 1. The molecule has 0 spiro atoms. The summed E-state index contributed by atoms with van der Waals surface area (Å²) in [5.41, 5.74) is 0.367. The minimum absolute atomic E-state index is 0.367. The van der Waals surface area contributed by atoms with Crippen LogP contribution in [0.2, 0.25) is 0 Å². The molecule has 0 saturated heterocycles. The van der Waals surface area contributed by atoms with Gasteiger partial charge >= 0.3 is 0 Å². The monoisotopic (exact) mass is 339 g/mol. The van der Waals surface area contributed by atoms with Gasteiger partial charge in [-0.3, -0.25) is 4.99 Å². The fourth-order valence-electron chi connectivity index (χ4n) is 2.28. The van der Waals surface area contributed by atoms with E-state index < -0.39 is 5.82 Å². The van der Waals surface area contributed by atoms with Crippen LogP contribution < -0.4 is 10.6 Å². The molecular formula is C18H27F2N3O. The Hall–Kier alpha value is -1.69. The molecule has 134 valence electrons. The van der Waals surface area contributed by atoms with Crippen LogP contribution in [0.15, 0.2) is 23.2 Å². The molecule has 2 N–H and O–H groups in total. The number of nitrogens with zero attached hydrogens (tertiary/aromatic N) is 1. The fourth-order valence-corrected chi connectivity index (χ4v) is 2.28. The van der Waals surface area contributed by atoms with Gasteiger partial charge in [0.2, 0.25) is 0 Å². The Balaban J connectivity index is 1.67. The van der Waals surface area contributed by atoms with E-state index >= 15 is 0 Å². The minimum Gasteiger partial charge on any atom is -0.381 e. The zero-order valence-electron chi connectivity index (χ0n) is 14.3. The highest BCUT2D eigenvalue weighted by atomic mass is 19.1. The van der Waals surface area contributed by atoms with Gasteiger partial charge in [-0.25, -0.2) is 8.78 Å². The van der Waals surface area contributed by atoms with E-state index in [1.165, 1.54) is 18.9 Å². The van der Waals surface area contributed by atoms with Gasteiger partial charge in [0.25, 0.3) is 0 Å². The lowest BCUT2D eigenvalue weighted by atomic mass is 10.1. The number of benzene rings is 1. The average molecular weight is 339 g/mol. The molecule has 1 fully saturated rings. The molecule has 0 aliphatic heterocycles. The molecule has 1 aromatic rings. The molecule has 1 saturated carbocycles. The van der Waals surface area contributed by atoms with Crippen LogP contribution in [-0.2, 0) is 11.2 Å². The fraction of sp³-hybridized carbons (Fsp3) is 0.611. The number of nitrogens with one attached hydrogen (secondary N) is 2. The third-order valence-electron chi connectivity index (χ3n) is 3.81. The summed E-state index contributed by atoms with van der Waals surface area (Å²) in [7, 11) is 0. The summed E-state index contributed by atoms with van der Waals surface area (Å²) in [4.78, 5) is 4.46. The second-order valence-corrected chi connectivity index (χ2v) is 6.05. The molecule has 4 nitrogen and oxygen atoms in total. The minimum atomic E-state index is -0.418. The smallest absolute Gasteiger partial charge is 0.191 e. The molecule has 6 heteroatoms. The summed E-state index contributed by atoms with van der Waals surface area (Å²) >= 11 is 0. The quantitative estimate of drug-likeness (QED) is 0.391. The maximum atomic E-state index is 13.6. The molecule has 0 aromatic heterocycles. The highest BCUT2D eigenvalue weighted by molar-refractivity contribution is 5.79. The zero-order valence-corrected chi connectivity index (χ0v) is 14.3. The third kappa shape index (κ3) is 7.25. The van der Waals surface area contributed by atoms with Gasteiger partial charge in [-0.05, 0) is 62.3 Å². The van der Waals surface area contributed by atoms with Gasteiger partial charge in [-0.2, -0.15) is 0 Å². The number of halogens is 2. The van der Waals surface area contributed by atoms with Crippen LogP contribution in [0.3, 0.4) is 0 Å². The SMILES string of the molecule is CCNC(=NCCCOCC1CC1)NCCc1cc(F)ccc1F. The van der Waals surface area contributed by atoms with E-state index in [-0.39, 0.29) is 5.82 Å². The van der Waals surface area contributed by atoms with E-state index in [9.17, 15) is 8.78 Å². The van der Waals surface area contributed by atoms with Crippen molar-refractivity contribution >= 4 is 5.96 Å². The van der Waals surface area contributed by atoms with Gasteiger partial charge in [0.1, 0.15) is 11.6 Å². The first-order chi connectivity index (χ1) is 11.7. The highest BCUT2D eigenvalue weighted by Gasteiger charge is 2.20. The molecule has 0 radical (unpaired) electrons. The molecule has 24 heavy (non-hydrogen) atoms. The van der Waals surface area contributed by atoms with E-state index in [0.717, 1.165) is 44.2 Å². The Bertz CT molecular complexity index is 533. The van der Waals surface area contributed by atoms with Gasteiger partial charge in [-0.1, -0.05) is 0 Å². The number of ether oxygens (including phenoxy) is 1. The van der Waals surface area contributed by atoms with Gasteiger partial charge in [-0.15, -0.1) is 0 Å². The Kier molecular flexibility index (Phi) is 7.95. The first-order valence-electron chi connectivity index (χ1n) is 8.73. The van der Waals surface area contributed by atoms with Crippen molar-refractivity contribution in [3.63, 3.8) is 0 Å². The topological polar surface area (TPSA) is 45.7 Å². The van der Waals surface area contributed by atoms with Crippen LogP contribution in [0.4, 0.5) is 8.78 Å². The van der Waals surface area contributed by atoms with E-state index in [1.807, 2.05) is 6.92 Å². The molecule has 1 aliphatic carbocycles. The predicted octanol–water partition coefficient (Wildman–Crippen LogP) is 2.88. The van der Waals surface area contributed by atoms with Crippen molar-refractivity contribution in [2.24, 2.45) is 10.9 Å². The van der Waals surface area contributed by atoms with Crippen LogP contribution in [0.5, 0.6) is 0 Å². The van der Waals surface area contributed by atoms with E-state index in [1.54, 1.807) is 0 Å². The van der Waals surface area contributed by atoms with Crippen LogP contribution in [0.25, 0.3) is 0 Å².